The van der Waals surface area contributed by atoms with Crippen LogP contribution in [0.2, 0.25) is 0 Å². The average Bonchev–Trinajstić information content (AvgIpc) is 2.47. The van der Waals surface area contributed by atoms with Gasteiger partial charge in [-0.15, -0.1) is 0 Å². The van der Waals surface area contributed by atoms with Gasteiger partial charge in [0.25, 0.3) is 0 Å². The Bertz CT molecular complexity index is 310. The lowest BCUT2D eigenvalue weighted by molar-refractivity contribution is -0.129. The molecule has 0 fully saturated rings. The van der Waals surface area contributed by atoms with Crippen LogP contribution in [0.3, 0.4) is 0 Å². The molecule has 0 aromatic heterocycles. The van der Waals surface area contributed by atoms with Crippen LogP contribution >= 0.6 is 0 Å². The minimum Gasteiger partial charge on any atom is -0.355 e. The normalized spacial score (nSPS) is 15.1. The maximum Gasteiger partial charge on any atom is 0.242 e. The molecule has 0 rings (SSSR count). The van der Waals surface area contributed by atoms with Crippen LogP contribution in [0.15, 0.2) is 0 Å². The van der Waals surface area contributed by atoms with E-state index in [4.69, 9.17) is 5.73 Å². The van der Waals surface area contributed by atoms with E-state index in [-0.39, 0.29) is 23.9 Å². The second-order valence-corrected chi connectivity index (χ2v) is 5.40. The van der Waals surface area contributed by atoms with Crippen molar-refractivity contribution in [2.45, 2.75) is 71.5 Å². The van der Waals surface area contributed by atoms with Crippen LogP contribution in [-0.2, 0) is 9.59 Å². The van der Waals surface area contributed by atoms with E-state index in [0.717, 1.165) is 19.3 Å². The summed E-state index contributed by atoms with van der Waals surface area (Å²) in [6, 6.07) is -0.776. The summed E-state index contributed by atoms with van der Waals surface area (Å²) in [6.07, 6.45) is 3.74. The summed E-state index contributed by atoms with van der Waals surface area (Å²) in [7, 11) is 0. The maximum absolute atomic E-state index is 12.1. The van der Waals surface area contributed by atoms with Crippen LogP contribution in [0.25, 0.3) is 0 Å². The molecule has 3 atom stereocenters. The molecule has 124 valence electrons. The Hall–Kier alpha value is -1.14. The van der Waals surface area contributed by atoms with Crippen molar-refractivity contribution in [3.63, 3.8) is 0 Å². The fourth-order valence-electron chi connectivity index (χ4n) is 1.94. The first-order chi connectivity index (χ1) is 9.96. The Morgan fingerprint density at radius 3 is 2.33 bits per heavy atom. The largest absolute Gasteiger partial charge is 0.355 e. The number of likely N-dealkylation sites (N-methyl/N-ethyl adjacent to an activating group) is 1. The summed E-state index contributed by atoms with van der Waals surface area (Å²) in [5.41, 5.74) is 5.97. The highest BCUT2D eigenvalue weighted by atomic mass is 16.2. The van der Waals surface area contributed by atoms with E-state index in [9.17, 15) is 9.59 Å². The summed E-state index contributed by atoms with van der Waals surface area (Å²) in [4.78, 5) is 23.8. The van der Waals surface area contributed by atoms with Gasteiger partial charge < -0.3 is 21.7 Å². The molecule has 6 heteroatoms. The molecule has 0 aliphatic carbocycles. The number of unbranched alkanes of at least 4 members (excludes halogenated alkanes) is 1. The van der Waals surface area contributed by atoms with Crippen molar-refractivity contribution in [1.29, 1.82) is 0 Å². The van der Waals surface area contributed by atoms with Crippen LogP contribution in [0, 0.1) is 0 Å². The SMILES string of the molecule is CCCCC(N)CNC(C)C(=O)NC(CC)C(=O)NCC. The summed E-state index contributed by atoms with van der Waals surface area (Å²) >= 11 is 0. The van der Waals surface area contributed by atoms with Crippen molar-refractivity contribution in [1.82, 2.24) is 16.0 Å². The molecule has 21 heavy (non-hydrogen) atoms. The second-order valence-electron chi connectivity index (χ2n) is 5.40. The molecule has 0 aliphatic rings. The number of carbonyl (C=O) groups excluding carboxylic acids is 2. The predicted molar refractivity (Wildman–Crippen MR) is 85.9 cm³/mol. The molecular formula is C15H32N4O2. The third-order valence-electron chi connectivity index (χ3n) is 3.40. The van der Waals surface area contributed by atoms with Gasteiger partial charge in [-0.05, 0) is 26.7 Å². The molecule has 5 N–H and O–H groups in total. The number of hydrogen-bond donors (Lipinski definition) is 4. The number of rotatable bonds is 11. The quantitative estimate of drug-likeness (QED) is 0.447. The zero-order chi connectivity index (χ0) is 16.3. The second kappa shape index (κ2) is 11.5. The zero-order valence-electron chi connectivity index (χ0n) is 13.9. The van der Waals surface area contributed by atoms with Gasteiger partial charge in [-0.3, -0.25) is 9.59 Å². The minimum atomic E-state index is -0.476. The van der Waals surface area contributed by atoms with E-state index in [1.54, 1.807) is 6.92 Å². The first kappa shape index (κ1) is 19.9. The molecule has 0 bridgehead atoms. The van der Waals surface area contributed by atoms with E-state index >= 15 is 0 Å². The lowest BCUT2D eigenvalue weighted by atomic mass is 10.1. The molecule has 0 aromatic rings. The van der Waals surface area contributed by atoms with Crippen molar-refractivity contribution in [3.05, 3.63) is 0 Å². The molecule has 2 amide bonds. The summed E-state index contributed by atoms with van der Waals surface area (Å²) in [5.74, 6) is -0.309. The molecule has 0 spiro atoms. The summed E-state index contributed by atoms with van der Waals surface area (Å²) in [5, 5.41) is 8.61. The fourth-order valence-corrected chi connectivity index (χ4v) is 1.94. The van der Waals surface area contributed by atoms with Crippen molar-refractivity contribution in [3.8, 4) is 0 Å². The van der Waals surface area contributed by atoms with Gasteiger partial charge in [-0.25, -0.2) is 0 Å². The number of nitrogens with two attached hydrogens (primary N) is 1. The van der Waals surface area contributed by atoms with Gasteiger partial charge in [0.2, 0.25) is 11.8 Å². The van der Waals surface area contributed by atoms with Crippen LogP contribution < -0.4 is 21.7 Å². The van der Waals surface area contributed by atoms with Crippen molar-refractivity contribution >= 4 is 11.8 Å². The van der Waals surface area contributed by atoms with E-state index in [1.807, 2.05) is 13.8 Å². The lowest BCUT2D eigenvalue weighted by Crippen LogP contribution is -2.52. The molecule has 0 saturated carbocycles. The molecule has 0 aromatic carbocycles. The third-order valence-corrected chi connectivity index (χ3v) is 3.40. The molecule has 3 unspecified atom stereocenters. The zero-order valence-corrected chi connectivity index (χ0v) is 13.9. The van der Waals surface area contributed by atoms with Gasteiger partial charge in [0, 0.05) is 19.1 Å². The van der Waals surface area contributed by atoms with Gasteiger partial charge in [0.15, 0.2) is 0 Å². The first-order valence-corrected chi connectivity index (χ1v) is 8.03. The monoisotopic (exact) mass is 300 g/mol. The first-order valence-electron chi connectivity index (χ1n) is 8.03. The molecule has 0 radical (unpaired) electrons. The number of carbonyl (C=O) groups is 2. The molecule has 0 heterocycles. The van der Waals surface area contributed by atoms with Crippen LogP contribution in [0.5, 0.6) is 0 Å². The van der Waals surface area contributed by atoms with Gasteiger partial charge in [-0.1, -0.05) is 26.7 Å². The number of hydrogen-bond acceptors (Lipinski definition) is 4. The van der Waals surface area contributed by atoms with E-state index in [1.165, 1.54) is 0 Å². The standard InChI is InChI=1S/C15H32N4O2/c1-5-8-9-12(16)10-18-11(4)14(20)19-13(6-2)15(21)17-7-3/h11-13,18H,5-10,16H2,1-4H3,(H,17,21)(H,19,20). The fraction of sp³-hybridized carbons (Fsp3) is 0.867. The van der Waals surface area contributed by atoms with E-state index < -0.39 is 6.04 Å². The minimum absolute atomic E-state index is 0.0607. The maximum atomic E-state index is 12.1. The van der Waals surface area contributed by atoms with Crippen LogP contribution in [0.4, 0.5) is 0 Å². The summed E-state index contributed by atoms with van der Waals surface area (Å²) in [6.45, 7) is 8.81. The van der Waals surface area contributed by atoms with Crippen molar-refractivity contribution in [2.24, 2.45) is 5.73 Å². The molecule has 0 aliphatic heterocycles. The predicted octanol–water partition coefficient (Wildman–Crippen LogP) is 0.513. The Kier molecular flexibility index (Phi) is 10.9. The Morgan fingerprint density at radius 2 is 1.81 bits per heavy atom. The van der Waals surface area contributed by atoms with E-state index in [2.05, 4.69) is 22.9 Å². The Labute approximate surface area is 128 Å². The average molecular weight is 300 g/mol. The van der Waals surface area contributed by atoms with Crippen molar-refractivity contribution < 1.29 is 9.59 Å². The molecule has 0 saturated heterocycles. The molecular weight excluding hydrogens is 268 g/mol. The van der Waals surface area contributed by atoms with Gasteiger partial charge in [0.1, 0.15) is 6.04 Å². The Balaban J connectivity index is 4.15. The summed E-state index contributed by atoms with van der Waals surface area (Å²) < 4.78 is 0. The van der Waals surface area contributed by atoms with E-state index in [0.29, 0.717) is 19.5 Å². The number of nitrogens with one attached hydrogen (secondary N) is 3. The van der Waals surface area contributed by atoms with Crippen molar-refractivity contribution in [2.75, 3.05) is 13.1 Å². The van der Waals surface area contributed by atoms with Crippen LogP contribution in [0.1, 0.15) is 53.4 Å². The van der Waals surface area contributed by atoms with Crippen LogP contribution in [-0.4, -0.2) is 43.0 Å². The number of amides is 2. The van der Waals surface area contributed by atoms with Gasteiger partial charge in [-0.2, -0.15) is 0 Å². The smallest absolute Gasteiger partial charge is 0.242 e. The lowest BCUT2D eigenvalue weighted by Gasteiger charge is -2.21. The highest BCUT2D eigenvalue weighted by Gasteiger charge is 2.21. The highest BCUT2D eigenvalue weighted by molar-refractivity contribution is 5.89. The van der Waals surface area contributed by atoms with Gasteiger partial charge >= 0.3 is 0 Å². The van der Waals surface area contributed by atoms with Gasteiger partial charge in [0.05, 0.1) is 6.04 Å². The topological polar surface area (TPSA) is 96.2 Å². The molecule has 6 nitrogen and oxygen atoms in total. The third kappa shape index (κ3) is 8.67. The Morgan fingerprint density at radius 1 is 1.14 bits per heavy atom. The highest BCUT2D eigenvalue weighted by Crippen LogP contribution is 1.98.